The third-order valence-electron chi connectivity index (χ3n) is 4.14. The number of nitrogens with zero attached hydrogens (tertiary/aromatic N) is 4. The van der Waals surface area contributed by atoms with Crippen LogP contribution in [0.4, 0.5) is 21.5 Å². The van der Waals surface area contributed by atoms with Crippen LogP contribution in [0, 0.1) is 15.9 Å². The van der Waals surface area contributed by atoms with Crippen molar-refractivity contribution in [3.8, 4) is 0 Å². The maximum Gasteiger partial charge on any atom is 0.295 e. The van der Waals surface area contributed by atoms with Gasteiger partial charge in [-0.15, -0.1) is 0 Å². The highest BCUT2D eigenvalue weighted by Gasteiger charge is 2.27. The van der Waals surface area contributed by atoms with Crippen LogP contribution in [0.25, 0.3) is 0 Å². The minimum atomic E-state index is -0.861. The van der Waals surface area contributed by atoms with Gasteiger partial charge in [-0.2, -0.15) is 0 Å². The molecule has 9 heteroatoms. The Balaban J connectivity index is 1.76. The molecule has 2 aromatic rings. The maximum absolute atomic E-state index is 13.6. The number of nitrogen functional groups attached to an aromatic ring is 1. The summed E-state index contributed by atoms with van der Waals surface area (Å²) in [4.78, 5) is 30.4. The maximum atomic E-state index is 13.6. The van der Waals surface area contributed by atoms with E-state index in [1.165, 1.54) is 4.90 Å². The number of piperazine rings is 1. The van der Waals surface area contributed by atoms with E-state index in [4.69, 9.17) is 5.73 Å². The normalized spacial score (nSPS) is 14.4. The lowest BCUT2D eigenvalue weighted by Gasteiger charge is -2.36. The van der Waals surface area contributed by atoms with E-state index in [-0.39, 0.29) is 11.3 Å². The zero-order valence-corrected chi connectivity index (χ0v) is 13.3. The lowest BCUT2D eigenvalue weighted by Crippen LogP contribution is -2.49. The molecule has 1 fully saturated rings. The fraction of sp³-hybridized carbons (Fsp3) is 0.250. The molecule has 130 valence electrons. The average Bonchev–Trinajstić information content (AvgIpc) is 2.63. The van der Waals surface area contributed by atoms with E-state index in [0.717, 1.165) is 11.8 Å². The predicted octanol–water partition coefficient (Wildman–Crippen LogP) is 1.67. The van der Waals surface area contributed by atoms with Crippen molar-refractivity contribution in [3.63, 3.8) is 0 Å². The van der Waals surface area contributed by atoms with Crippen molar-refractivity contribution in [2.75, 3.05) is 36.8 Å². The summed E-state index contributed by atoms with van der Waals surface area (Å²) in [6.45, 7) is 2.00. The summed E-state index contributed by atoms with van der Waals surface area (Å²) >= 11 is 0. The summed E-state index contributed by atoms with van der Waals surface area (Å²) in [6.07, 6.45) is 3.39. The predicted molar refractivity (Wildman–Crippen MR) is 89.8 cm³/mol. The molecule has 0 unspecified atom stereocenters. The number of hydrogen-bond acceptors (Lipinski definition) is 6. The van der Waals surface area contributed by atoms with Gasteiger partial charge in [0.05, 0.1) is 16.6 Å². The van der Waals surface area contributed by atoms with Crippen LogP contribution in [0.5, 0.6) is 0 Å². The Bertz CT molecular complexity index is 807. The fourth-order valence-electron chi connectivity index (χ4n) is 2.82. The van der Waals surface area contributed by atoms with Crippen molar-refractivity contribution in [3.05, 3.63) is 58.2 Å². The minimum absolute atomic E-state index is 0.177. The van der Waals surface area contributed by atoms with Gasteiger partial charge >= 0.3 is 0 Å². The molecule has 1 aliphatic rings. The SMILES string of the molecule is Nc1c(C(=O)N2CCN(c3ccncc3)CC2)cc(F)cc1[N+](=O)[O-]. The monoisotopic (exact) mass is 345 g/mol. The third-order valence-corrected chi connectivity index (χ3v) is 4.14. The van der Waals surface area contributed by atoms with Gasteiger partial charge in [0.25, 0.3) is 11.6 Å². The van der Waals surface area contributed by atoms with Gasteiger partial charge in [0.15, 0.2) is 0 Å². The molecule has 0 bridgehead atoms. The highest BCUT2D eigenvalue weighted by Crippen LogP contribution is 2.28. The number of pyridine rings is 1. The van der Waals surface area contributed by atoms with Crippen molar-refractivity contribution in [1.29, 1.82) is 0 Å². The van der Waals surface area contributed by atoms with Crippen molar-refractivity contribution in [1.82, 2.24) is 9.88 Å². The smallest absolute Gasteiger partial charge is 0.295 e. The Morgan fingerprint density at radius 3 is 2.44 bits per heavy atom. The van der Waals surface area contributed by atoms with E-state index in [2.05, 4.69) is 9.88 Å². The van der Waals surface area contributed by atoms with E-state index >= 15 is 0 Å². The van der Waals surface area contributed by atoms with Crippen LogP contribution < -0.4 is 10.6 Å². The van der Waals surface area contributed by atoms with Gasteiger partial charge in [-0.1, -0.05) is 0 Å². The zero-order valence-electron chi connectivity index (χ0n) is 13.3. The molecule has 0 aliphatic carbocycles. The summed E-state index contributed by atoms with van der Waals surface area (Å²) in [6, 6.07) is 5.42. The first-order valence-corrected chi connectivity index (χ1v) is 7.65. The summed E-state index contributed by atoms with van der Waals surface area (Å²) < 4.78 is 13.6. The molecule has 3 rings (SSSR count). The molecule has 1 aromatic carbocycles. The molecule has 1 aromatic heterocycles. The number of carbonyl (C=O) groups is 1. The molecule has 25 heavy (non-hydrogen) atoms. The largest absolute Gasteiger partial charge is 0.393 e. The van der Waals surface area contributed by atoms with Gasteiger partial charge in [-0.3, -0.25) is 19.9 Å². The number of aromatic nitrogens is 1. The summed E-state index contributed by atoms with van der Waals surface area (Å²) in [5.41, 5.74) is 5.62. The zero-order chi connectivity index (χ0) is 18.0. The van der Waals surface area contributed by atoms with Crippen molar-refractivity contribution < 1.29 is 14.1 Å². The second-order valence-corrected chi connectivity index (χ2v) is 5.63. The second kappa shape index (κ2) is 6.71. The number of amides is 1. The van der Waals surface area contributed by atoms with Gasteiger partial charge < -0.3 is 15.5 Å². The van der Waals surface area contributed by atoms with E-state index in [9.17, 15) is 19.3 Å². The van der Waals surface area contributed by atoms with Crippen LogP contribution in [0.2, 0.25) is 0 Å². The summed E-state index contributed by atoms with van der Waals surface area (Å²) in [7, 11) is 0. The van der Waals surface area contributed by atoms with E-state index in [1.54, 1.807) is 12.4 Å². The third kappa shape index (κ3) is 3.35. The minimum Gasteiger partial charge on any atom is -0.393 e. The first kappa shape index (κ1) is 16.6. The van der Waals surface area contributed by atoms with E-state index in [1.807, 2.05) is 12.1 Å². The topological polar surface area (TPSA) is 106 Å². The van der Waals surface area contributed by atoms with E-state index in [0.29, 0.717) is 32.2 Å². The number of nitrogens with two attached hydrogens (primary N) is 1. The standard InChI is InChI=1S/C16H16FN5O3/c17-11-9-13(15(18)14(10-11)22(24)25)16(23)21-7-5-20(6-8-21)12-1-3-19-4-2-12/h1-4,9-10H,5-8,18H2. The molecule has 1 aliphatic heterocycles. The Hall–Kier alpha value is -3.23. The number of hydrogen-bond donors (Lipinski definition) is 1. The number of nitro groups is 1. The molecule has 2 N–H and O–H groups in total. The molecule has 0 spiro atoms. The Morgan fingerprint density at radius 1 is 1.20 bits per heavy atom. The van der Waals surface area contributed by atoms with Crippen molar-refractivity contribution in [2.45, 2.75) is 0 Å². The Kier molecular flexibility index (Phi) is 4.46. The quantitative estimate of drug-likeness (QED) is 0.515. The second-order valence-electron chi connectivity index (χ2n) is 5.63. The number of anilines is 2. The first-order chi connectivity index (χ1) is 12.0. The lowest BCUT2D eigenvalue weighted by atomic mass is 10.1. The van der Waals surface area contributed by atoms with Crippen LogP contribution in [0.3, 0.4) is 0 Å². The van der Waals surface area contributed by atoms with Gasteiger partial charge in [-0.05, 0) is 18.2 Å². The summed E-state index contributed by atoms with van der Waals surface area (Å²) in [5, 5.41) is 10.9. The number of benzene rings is 1. The molecule has 1 amide bonds. The van der Waals surface area contributed by atoms with Crippen LogP contribution >= 0.6 is 0 Å². The molecule has 0 saturated carbocycles. The molecular weight excluding hydrogens is 329 g/mol. The van der Waals surface area contributed by atoms with E-state index < -0.39 is 22.3 Å². The van der Waals surface area contributed by atoms with Crippen LogP contribution in [0.1, 0.15) is 10.4 Å². The number of nitro benzene ring substituents is 1. The van der Waals surface area contributed by atoms with Gasteiger partial charge in [0, 0.05) is 44.3 Å². The Labute approximate surface area is 142 Å². The number of rotatable bonds is 3. The molecular formula is C16H16FN5O3. The molecule has 8 nitrogen and oxygen atoms in total. The van der Waals surface area contributed by atoms with Gasteiger partial charge in [0.2, 0.25) is 0 Å². The molecule has 0 radical (unpaired) electrons. The number of carbonyl (C=O) groups excluding carboxylic acids is 1. The van der Waals surface area contributed by atoms with Crippen LogP contribution in [-0.2, 0) is 0 Å². The average molecular weight is 345 g/mol. The Morgan fingerprint density at radius 2 is 1.84 bits per heavy atom. The lowest BCUT2D eigenvalue weighted by molar-refractivity contribution is -0.384. The molecule has 2 heterocycles. The van der Waals surface area contributed by atoms with Crippen molar-refractivity contribution in [2.24, 2.45) is 0 Å². The van der Waals surface area contributed by atoms with Crippen LogP contribution in [-0.4, -0.2) is 46.9 Å². The first-order valence-electron chi connectivity index (χ1n) is 7.65. The summed E-state index contributed by atoms with van der Waals surface area (Å²) in [5.74, 6) is -1.37. The molecule has 0 atom stereocenters. The highest BCUT2D eigenvalue weighted by molar-refractivity contribution is 6.01. The van der Waals surface area contributed by atoms with Crippen LogP contribution in [0.15, 0.2) is 36.7 Å². The van der Waals surface area contributed by atoms with Gasteiger partial charge in [-0.25, -0.2) is 4.39 Å². The van der Waals surface area contributed by atoms with Gasteiger partial charge in [0.1, 0.15) is 11.5 Å². The number of halogens is 1. The molecule has 1 saturated heterocycles. The highest BCUT2D eigenvalue weighted by atomic mass is 19.1. The fourth-order valence-corrected chi connectivity index (χ4v) is 2.82. The van der Waals surface area contributed by atoms with Crippen molar-refractivity contribution >= 4 is 23.0 Å².